The first-order valence-electron chi connectivity index (χ1n) is 8.20. The van der Waals surface area contributed by atoms with E-state index >= 15 is 0 Å². The number of esters is 1. The summed E-state index contributed by atoms with van der Waals surface area (Å²) in [6.45, 7) is 12.9. The molecule has 0 aliphatic carbocycles. The molecule has 5 heteroatoms. The SMILES string of the molecule is C=Cc1ccc(C(C)(C)C(C(=O)OC)N(C)C(=O)OC(C)(C)C)cc1. The Balaban J connectivity index is 3.25. The van der Waals surface area contributed by atoms with Gasteiger partial charge in [0.15, 0.2) is 0 Å². The molecule has 1 rings (SSSR count). The van der Waals surface area contributed by atoms with Crippen molar-refractivity contribution in [3.8, 4) is 0 Å². The smallest absolute Gasteiger partial charge is 0.410 e. The molecular weight excluding hydrogens is 318 g/mol. The van der Waals surface area contributed by atoms with Crippen molar-refractivity contribution in [3.63, 3.8) is 0 Å². The van der Waals surface area contributed by atoms with Gasteiger partial charge in [-0.3, -0.25) is 4.90 Å². The average molecular weight is 347 g/mol. The van der Waals surface area contributed by atoms with Crippen LogP contribution in [0, 0.1) is 0 Å². The molecule has 1 aromatic carbocycles. The molecule has 0 saturated carbocycles. The maximum absolute atomic E-state index is 12.5. The summed E-state index contributed by atoms with van der Waals surface area (Å²) >= 11 is 0. The van der Waals surface area contributed by atoms with Gasteiger partial charge in [0.1, 0.15) is 11.6 Å². The van der Waals surface area contributed by atoms with Crippen molar-refractivity contribution < 1.29 is 19.1 Å². The van der Waals surface area contributed by atoms with Crippen LogP contribution in [0.2, 0.25) is 0 Å². The Morgan fingerprint density at radius 1 is 1.12 bits per heavy atom. The van der Waals surface area contributed by atoms with E-state index in [1.165, 1.54) is 12.0 Å². The van der Waals surface area contributed by atoms with Crippen LogP contribution in [0.1, 0.15) is 45.7 Å². The summed E-state index contributed by atoms with van der Waals surface area (Å²) in [4.78, 5) is 26.3. The number of hydrogen-bond acceptors (Lipinski definition) is 4. The molecule has 1 unspecified atom stereocenters. The van der Waals surface area contributed by atoms with Crippen LogP contribution in [0.25, 0.3) is 6.08 Å². The Bertz CT molecular complexity index is 626. The van der Waals surface area contributed by atoms with E-state index < -0.39 is 29.1 Å². The van der Waals surface area contributed by atoms with Crippen LogP contribution in [0.3, 0.4) is 0 Å². The molecule has 1 atom stereocenters. The van der Waals surface area contributed by atoms with Gasteiger partial charge in [-0.2, -0.15) is 0 Å². The minimum absolute atomic E-state index is 0.494. The van der Waals surface area contributed by atoms with Gasteiger partial charge in [0.05, 0.1) is 7.11 Å². The summed E-state index contributed by atoms with van der Waals surface area (Å²) in [5, 5.41) is 0. The number of ether oxygens (including phenoxy) is 2. The van der Waals surface area contributed by atoms with Crippen LogP contribution in [-0.4, -0.2) is 42.8 Å². The average Bonchev–Trinajstić information content (AvgIpc) is 2.52. The van der Waals surface area contributed by atoms with Gasteiger partial charge in [0.25, 0.3) is 0 Å². The third-order valence-electron chi connectivity index (χ3n) is 4.07. The molecule has 1 aromatic rings. The number of nitrogens with zero attached hydrogens (tertiary/aromatic N) is 1. The van der Waals surface area contributed by atoms with Gasteiger partial charge < -0.3 is 9.47 Å². The summed E-state index contributed by atoms with van der Waals surface area (Å²) < 4.78 is 10.4. The summed E-state index contributed by atoms with van der Waals surface area (Å²) in [6.07, 6.45) is 1.18. The van der Waals surface area contributed by atoms with E-state index in [9.17, 15) is 9.59 Å². The molecule has 0 bridgehead atoms. The number of benzene rings is 1. The maximum atomic E-state index is 12.5. The van der Waals surface area contributed by atoms with Crippen LogP contribution in [0.5, 0.6) is 0 Å². The maximum Gasteiger partial charge on any atom is 0.410 e. The number of methoxy groups -OCH3 is 1. The first kappa shape index (κ1) is 20.7. The predicted molar refractivity (Wildman–Crippen MR) is 99.4 cm³/mol. The van der Waals surface area contributed by atoms with Crippen LogP contribution in [-0.2, 0) is 19.7 Å². The van der Waals surface area contributed by atoms with Crippen molar-refractivity contribution in [2.45, 2.75) is 51.7 Å². The number of rotatable bonds is 5. The van der Waals surface area contributed by atoms with E-state index in [4.69, 9.17) is 9.47 Å². The van der Waals surface area contributed by atoms with E-state index in [-0.39, 0.29) is 0 Å². The second kappa shape index (κ2) is 7.72. The first-order chi connectivity index (χ1) is 11.4. The number of hydrogen-bond donors (Lipinski definition) is 0. The highest BCUT2D eigenvalue weighted by Gasteiger charge is 2.43. The van der Waals surface area contributed by atoms with Crippen LogP contribution >= 0.6 is 0 Å². The zero-order valence-electron chi connectivity index (χ0n) is 16.3. The van der Waals surface area contributed by atoms with E-state index in [0.29, 0.717) is 0 Å². The summed E-state index contributed by atoms with van der Waals surface area (Å²) in [6, 6.07) is 6.87. The minimum atomic E-state index is -0.832. The predicted octanol–water partition coefficient (Wildman–Crippen LogP) is 4.02. The topological polar surface area (TPSA) is 55.8 Å². The van der Waals surface area contributed by atoms with Gasteiger partial charge in [-0.05, 0) is 31.9 Å². The Morgan fingerprint density at radius 2 is 1.64 bits per heavy atom. The summed E-state index contributed by atoms with van der Waals surface area (Å²) in [7, 11) is 2.87. The molecule has 5 nitrogen and oxygen atoms in total. The Labute approximate surface area is 150 Å². The lowest BCUT2D eigenvalue weighted by molar-refractivity contribution is -0.148. The fraction of sp³-hybridized carbons (Fsp3) is 0.500. The van der Waals surface area contributed by atoms with Crippen LogP contribution in [0.15, 0.2) is 30.8 Å². The van der Waals surface area contributed by atoms with Crippen molar-refractivity contribution in [1.82, 2.24) is 4.90 Å². The number of amides is 1. The lowest BCUT2D eigenvalue weighted by atomic mass is 9.77. The Hall–Kier alpha value is -2.30. The first-order valence-corrected chi connectivity index (χ1v) is 8.20. The lowest BCUT2D eigenvalue weighted by Crippen LogP contribution is -2.54. The zero-order valence-corrected chi connectivity index (χ0v) is 16.3. The number of carbonyl (C=O) groups excluding carboxylic acids is 2. The van der Waals surface area contributed by atoms with Gasteiger partial charge >= 0.3 is 12.1 Å². The Kier molecular flexibility index (Phi) is 6.41. The summed E-state index contributed by atoms with van der Waals surface area (Å²) in [5.74, 6) is -0.494. The summed E-state index contributed by atoms with van der Waals surface area (Å²) in [5.41, 5.74) is 0.554. The molecule has 0 fully saturated rings. The van der Waals surface area contributed by atoms with Crippen molar-refractivity contribution in [1.29, 1.82) is 0 Å². The van der Waals surface area contributed by atoms with Crippen LogP contribution in [0.4, 0.5) is 4.79 Å². The Morgan fingerprint density at radius 3 is 2.04 bits per heavy atom. The molecule has 0 saturated heterocycles. The van der Waals surface area contributed by atoms with Gasteiger partial charge in [-0.25, -0.2) is 9.59 Å². The molecule has 0 radical (unpaired) electrons. The van der Waals surface area contributed by atoms with Gasteiger partial charge in [-0.1, -0.05) is 50.8 Å². The standard InChI is InChI=1S/C20H29NO4/c1-9-14-10-12-15(13-11-14)20(5,6)16(17(22)24-8)21(7)18(23)25-19(2,3)4/h9-13,16H,1H2,2-8H3. The number of likely N-dealkylation sites (N-methyl/N-ethyl adjacent to an activating group) is 1. The van der Waals surface area contributed by atoms with E-state index in [2.05, 4.69) is 6.58 Å². The quantitative estimate of drug-likeness (QED) is 0.755. The monoisotopic (exact) mass is 347 g/mol. The second-order valence-electron chi connectivity index (χ2n) is 7.56. The van der Waals surface area contributed by atoms with Crippen molar-refractivity contribution in [2.24, 2.45) is 0 Å². The molecule has 0 aliphatic rings. The highest BCUT2D eigenvalue weighted by molar-refractivity contribution is 5.83. The molecule has 138 valence electrons. The molecule has 0 aromatic heterocycles. The molecular formula is C20H29NO4. The molecule has 0 N–H and O–H groups in total. The number of carbonyl (C=O) groups is 2. The molecule has 0 heterocycles. The van der Waals surface area contributed by atoms with Crippen LogP contribution < -0.4 is 0 Å². The highest BCUT2D eigenvalue weighted by atomic mass is 16.6. The molecule has 1 amide bonds. The zero-order chi connectivity index (χ0) is 19.4. The van der Waals surface area contributed by atoms with Crippen molar-refractivity contribution in [3.05, 3.63) is 42.0 Å². The fourth-order valence-corrected chi connectivity index (χ4v) is 2.69. The van der Waals surface area contributed by atoms with Gasteiger partial charge in [0.2, 0.25) is 0 Å². The van der Waals surface area contributed by atoms with Gasteiger partial charge in [-0.15, -0.1) is 0 Å². The van der Waals surface area contributed by atoms with Gasteiger partial charge in [0, 0.05) is 12.5 Å². The lowest BCUT2D eigenvalue weighted by Gasteiger charge is -2.39. The normalized spacial score (nSPS) is 12.9. The van der Waals surface area contributed by atoms with E-state index in [0.717, 1.165) is 11.1 Å². The molecule has 25 heavy (non-hydrogen) atoms. The third-order valence-corrected chi connectivity index (χ3v) is 4.07. The second-order valence-corrected chi connectivity index (χ2v) is 7.56. The van der Waals surface area contributed by atoms with Crippen molar-refractivity contribution >= 4 is 18.1 Å². The highest BCUT2D eigenvalue weighted by Crippen LogP contribution is 2.32. The van der Waals surface area contributed by atoms with E-state index in [1.54, 1.807) is 33.9 Å². The molecule has 0 spiro atoms. The largest absolute Gasteiger partial charge is 0.467 e. The fourth-order valence-electron chi connectivity index (χ4n) is 2.69. The molecule has 0 aliphatic heterocycles. The third kappa shape index (κ3) is 5.08. The van der Waals surface area contributed by atoms with Crippen molar-refractivity contribution in [2.75, 3.05) is 14.2 Å². The minimum Gasteiger partial charge on any atom is -0.467 e. The van der Waals surface area contributed by atoms with E-state index in [1.807, 2.05) is 38.1 Å².